The second-order valence-corrected chi connectivity index (χ2v) is 6.00. The van der Waals surface area contributed by atoms with Crippen molar-refractivity contribution in [3.8, 4) is 0 Å². The fourth-order valence-electron chi connectivity index (χ4n) is 1.69. The molecule has 0 aliphatic carbocycles. The van der Waals surface area contributed by atoms with Gasteiger partial charge in [-0.1, -0.05) is 30.3 Å². The largest absolute Gasteiger partial charge is 0.460 e. The van der Waals surface area contributed by atoms with Crippen molar-refractivity contribution in [1.29, 1.82) is 0 Å². The van der Waals surface area contributed by atoms with Crippen LogP contribution in [-0.4, -0.2) is 28.1 Å². The fraction of sp³-hybridized carbons (Fsp3) is 0.467. The molecule has 0 fully saturated rings. The van der Waals surface area contributed by atoms with Crippen LogP contribution >= 0.6 is 12.2 Å². The summed E-state index contributed by atoms with van der Waals surface area (Å²) in [6, 6.07) is 9.87. The lowest BCUT2D eigenvalue weighted by atomic mass is 10.2. The van der Waals surface area contributed by atoms with Gasteiger partial charge in [0.15, 0.2) is 5.11 Å². The number of benzene rings is 1. The van der Waals surface area contributed by atoms with Gasteiger partial charge in [-0.15, -0.1) is 0 Å². The first-order chi connectivity index (χ1) is 9.28. The van der Waals surface area contributed by atoms with Crippen LogP contribution in [0, 0.1) is 0 Å². The number of nitrogens with two attached hydrogens (primary N) is 1. The molecule has 0 amide bonds. The van der Waals surface area contributed by atoms with E-state index in [9.17, 15) is 4.79 Å². The number of carbonyl (C=O) groups excluding carboxylic acids is 1. The number of esters is 1. The molecule has 0 atom stereocenters. The Hall–Kier alpha value is -1.62. The third-order valence-electron chi connectivity index (χ3n) is 2.53. The second-order valence-electron chi connectivity index (χ2n) is 5.58. The SMILES string of the molecule is CC(C)(C)OC(=O)CCN(Cc1ccccc1)C(N)=S. The summed E-state index contributed by atoms with van der Waals surface area (Å²) in [6.45, 7) is 6.60. The van der Waals surface area contributed by atoms with E-state index in [4.69, 9.17) is 22.7 Å². The lowest BCUT2D eigenvalue weighted by molar-refractivity contribution is -0.154. The van der Waals surface area contributed by atoms with Crippen LogP contribution in [0.2, 0.25) is 0 Å². The molecule has 0 aliphatic rings. The lowest BCUT2D eigenvalue weighted by Crippen LogP contribution is -2.37. The van der Waals surface area contributed by atoms with E-state index in [2.05, 4.69) is 0 Å². The molecule has 0 spiro atoms. The summed E-state index contributed by atoms with van der Waals surface area (Å²) in [6.07, 6.45) is 0.265. The third-order valence-corrected chi connectivity index (χ3v) is 2.79. The van der Waals surface area contributed by atoms with E-state index in [0.717, 1.165) is 5.56 Å². The molecule has 0 bridgehead atoms. The Morgan fingerprint density at radius 3 is 2.40 bits per heavy atom. The van der Waals surface area contributed by atoms with Gasteiger partial charge < -0.3 is 15.4 Å². The Balaban J connectivity index is 2.52. The van der Waals surface area contributed by atoms with Crippen LogP contribution in [0.4, 0.5) is 0 Å². The van der Waals surface area contributed by atoms with Gasteiger partial charge in [-0.2, -0.15) is 0 Å². The molecule has 4 nitrogen and oxygen atoms in total. The van der Waals surface area contributed by atoms with Crippen LogP contribution in [-0.2, 0) is 16.1 Å². The zero-order chi connectivity index (χ0) is 15.2. The number of hydrogen-bond donors (Lipinski definition) is 1. The molecule has 110 valence electrons. The minimum Gasteiger partial charge on any atom is -0.460 e. The van der Waals surface area contributed by atoms with Gasteiger partial charge in [-0.05, 0) is 38.6 Å². The molecular weight excluding hydrogens is 272 g/mol. The number of thiocarbonyl (C=S) groups is 1. The summed E-state index contributed by atoms with van der Waals surface area (Å²) in [5, 5.41) is 0.289. The molecule has 1 aromatic carbocycles. The van der Waals surface area contributed by atoms with Gasteiger partial charge in [0.1, 0.15) is 5.60 Å². The van der Waals surface area contributed by atoms with E-state index in [1.807, 2.05) is 51.1 Å². The van der Waals surface area contributed by atoms with Gasteiger partial charge >= 0.3 is 5.97 Å². The van der Waals surface area contributed by atoms with Crippen molar-refractivity contribution in [3.05, 3.63) is 35.9 Å². The fourth-order valence-corrected chi connectivity index (χ4v) is 1.85. The van der Waals surface area contributed by atoms with Crippen molar-refractivity contribution in [2.45, 2.75) is 39.3 Å². The average molecular weight is 294 g/mol. The Labute approximate surface area is 125 Å². The number of rotatable bonds is 5. The molecule has 1 aromatic rings. The summed E-state index contributed by atoms with van der Waals surface area (Å²) in [7, 11) is 0. The zero-order valence-electron chi connectivity index (χ0n) is 12.3. The van der Waals surface area contributed by atoms with Crippen LogP contribution in [0.1, 0.15) is 32.8 Å². The van der Waals surface area contributed by atoms with Crippen LogP contribution < -0.4 is 5.73 Å². The smallest absolute Gasteiger partial charge is 0.308 e. The van der Waals surface area contributed by atoms with Crippen LogP contribution in [0.25, 0.3) is 0 Å². The highest BCUT2D eigenvalue weighted by atomic mass is 32.1. The van der Waals surface area contributed by atoms with Crippen LogP contribution in [0.15, 0.2) is 30.3 Å². The van der Waals surface area contributed by atoms with E-state index in [1.54, 1.807) is 4.90 Å². The number of hydrogen-bond acceptors (Lipinski definition) is 3. The molecule has 1 rings (SSSR count). The van der Waals surface area contributed by atoms with Crippen molar-refractivity contribution >= 4 is 23.3 Å². The summed E-state index contributed by atoms with van der Waals surface area (Å²) in [5.74, 6) is -0.244. The predicted octanol–water partition coefficient (Wildman–Crippen LogP) is 2.46. The first kappa shape index (κ1) is 16.4. The van der Waals surface area contributed by atoms with Crippen molar-refractivity contribution < 1.29 is 9.53 Å². The first-order valence-electron chi connectivity index (χ1n) is 6.58. The predicted molar refractivity (Wildman–Crippen MR) is 84.1 cm³/mol. The highest BCUT2D eigenvalue weighted by Gasteiger charge is 2.17. The molecule has 0 saturated heterocycles. The molecule has 0 heterocycles. The summed E-state index contributed by atoms with van der Waals surface area (Å²) < 4.78 is 5.27. The van der Waals surface area contributed by atoms with Gasteiger partial charge in [0.25, 0.3) is 0 Å². The lowest BCUT2D eigenvalue weighted by Gasteiger charge is -2.24. The van der Waals surface area contributed by atoms with E-state index < -0.39 is 5.60 Å². The summed E-state index contributed by atoms with van der Waals surface area (Å²) in [4.78, 5) is 13.5. The Morgan fingerprint density at radius 1 is 1.30 bits per heavy atom. The maximum absolute atomic E-state index is 11.7. The van der Waals surface area contributed by atoms with E-state index in [0.29, 0.717) is 13.1 Å². The van der Waals surface area contributed by atoms with Crippen LogP contribution in [0.5, 0.6) is 0 Å². The van der Waals surface area contributed by atoms with Gasteiger partial charge in [0, 0.05) is 13.1 Å². The molecule has 0 aromatic heterocycles. The van der Waals surface area contributed by atoms with Gasteiger partial charge in [0.05, 0.1) is 6.42 Å². The van der Waals surface area contributed by atoms with Crippen molar-refractivity contribution in [3.63, 3.8) is 0 Å². The minimum atomic E-state index is -0.468. The minimum absolute atomic E-state index is 0.244. The highest BCUT2D eigenvalue weighted by Crippen LogP contribution is 2.10. The molecule has 2 N–H and O–H groups in total. The number of carbonyl (C=O) groups is 1. The summed E-state index contributed by atoms with van der Waals surface area (Å²) >= 11 is 5.03. The Morgan fingerprint density at radius 2 is 1.90 bits per heavy atom. The zero-order valence-corrected chi connectivity index (χ0v) is 13.1. The molecule has 5 heteroatoms. The van der Waals surface area contributed by atoms with E-state index in [1.165, 1.54) is 0 Å². The molecule has 0 aliphatic heterocycles. The molecule has 20 heavy (non-hydrogen) atoms. The topological polar surface area (TPSA) is 55.6 Å². The van der Waals surface area contributed by atoms with E-state index in [-0.39, 0.29) is 17.5 Å². The van der Waals surface area contributed by atoms with Gasteiger partial charge in [-0.3, -0.25) is 4.79 Å². The van der Waals surface area contributed by atoms with Crippen molar-refractivity contribution in [2.24, 2.45) is 5.73 Å². The Bertz CT molecular complexity index is 455. The monoisotopic (exact) mass is 294 g/mol. The van der Waals surface area contributed by atoms with Crippen LogP contribution in [0.3, 0.4) is 0 Å². The molecule has 0 radical (unpaired) electrons. The maximum Gasteiger partial charge on any atom is 0.308 e. The average Bonchev–Trinajstić information content (AvgIpc) is 2.33. The van der Waals surface area contributed by atoms with Gasteiger partial charge in [-0.25, -0.2) is 0 Å². The first-order valence-corrected chi connectivity index (χ1v) is 6.99. The maximum atomic E-state index is 11.7. The van der Waals surface area contributed by atoms with Crippen molar-refractivity contribution in [1.82, 2.24) is 4.90 Å². The third kappa shape index (κ3) is 6.52. The highest BCUT2D eigenvalue weighted by molar-refractivity contribution is 7.80. The van der Waals surface area contributed by atoms with E-state index >= 15 is 0 Å². The normalized spacial score (nSPS) is 10.9. The molecule has 0 unspecified atom stereocenters. The second kappa shape index (κ2) is 7.24. The number of ether oxygens (including phenoxy) is 1. The van der Waals surface area contributed by atoms with Gasteiger partial charge in [0.2, 0.25) is 0 Å². The molecular formula is C15H22N2O2S. The Kier molecular flexibility index (Phi) is 5.95. The standard InChI is InChI=1S/C15H22N2O2S/c1-15(2,3)19-13(18)9-10-17(14(16)20)11-12-7-5-4-6-8-12/h4-8H,9-11H2,1-3H3,(H2,16,20). The van der Waals surface area contributed by atoms with Crippen molar-refractivity contribution in [2.75, 3.05) is 6.54 Å². The quantitative estimate of drug-likeness (QED) is 0.668. The summed E-state index contributed by atoms with van der Waals surface area (Å²) in [5.41, 5.74) is 6.34. The number of nitrogens with zero attached hydrogens (tertiary/aromatic N) is 1. The molecule has 0 saturated carbocycles.